The van der Waals surface area contributed by atoms with Crippen LogP contribution in [0.15, 0.2) is 59.5 Å². The van der Waals surface area contributed by atoms with Gasteiger partial charge < -0.3 is 14.0 Å². The van der Waals surface area contributed by atoms with Crippen LogP contribution in [-0.4, -0.2) is 26.1 Å². The molecule has 0 bridgehead atoms. The van der Waals surface area contributed by atoms with E-state index in [1.165, 1.54) is 22.8 Å². The van der Waals surface area contributed by atoms with Gasteiger partial charge in [0.2, 0.25) is 10.9 Å². The number of ether oxygens (including phenoxy) is 2. The number of thiol groups is 1. The third kappa shape index (κ3) is 6.39. The summed E-state index contributed by atoms with van der Waals surface area (Å²) in [6, 6.07) is 10.8. The number of hydrogen-bond acceptors (Lipinski definition) is 5. The normalized spacial score (nSPS) is 11.6. The largest absolute Gasteiger partial charge is 0.493 e. The first-order chi connectivity index (χ1) is 16.1. The fourth-order valence-corrected chi connectivity index (χ4v) is 3.55. The quantitative estimate of drug-likeness (QED) is 0.439. The number of halogens is 3. The van der Waals surface area contributed by atoms with Gasteiger partial charge in [0.05, 0.1) is 12.2 Å². The molecule has 0 saturated heterocycles. The summed E-state index contributed by atoms with van der Waals surface area (Å²) in [7, 11) is -1.15. The molecule has 7 nitrogen and oxygen atoms in total. The zero-order chi connectivity index (χ0) is 24.9. The van der Waals surface area contributed by atoms with Gasteiger partial charge in [0, 0.05) is 37.0 Å². The fourth-order valence-electron chi connectivity index (χ4n) is 3.25. The Bertz CT molecular complexity index is 1280. The van der Waals surface area contributed by atoms with Crippen molar-refractivity contribution < 1.29 is 31.1 Å². The minimum atomic E-state index is -4.46. The highest BCUT2D eigenvalue weighted by atomic mass is 32.2. The highest BCUT2D eigenvalue weighted by Crippen LogP contribution is 2.39. The molecule has 0 saturated carbocycles. The maximum Gasteiger partial charge on any atom is 0.416 e. The number of pyridine rings is 1. The van der Waals surface area contributed by atoms with Crippen molar-refractivity contribution in [3.8, 4) is 28.4 Å². The molecule has 0 aliphatic rings. The lowest BCUT2D eigenvalue weighted by molar-refractivity contribution is -0.137. The Kier molecular flexibility index (Phi) is 8.00. The lowest BCUT2D eigenvalue weighted by atomic mass is 10.0. The second-order valence-corrected chi connectivity index (χ2v) is 8.13. The second-order valence-electron chi connectivity index (χ2n) is 7.30. The molecule has 0 spiro atoms. The van der Waals surface area contributed by atoms with Gasteiger partial charge >= 0.3 is 6.18 Å². The van der Waals surface area contributed by atoms with E-state index in [4.69, 9.17) is 9.47 Å². The predicted octanol–water partition coefficient (Wildman–Crippen LogP) is 3.92. The number of aryl methyl sites for hydroxylation is 1. The number of rotatable bonds is 9. The van der Waals surface area contributed by atoms with Gasteiger partial charge in [0.25, 0.3) is 5.56 Å². The van der Waals surface area contributed by atoms with Crippen LogP contribution in [0.3, 0.4) is 0 Å². The van der Waals surface area contributed by atoms with Crippen LogP contribution in [0.25, 0.3) is 11.1 Å². The molecule has 1 aromatic heterocycles. The van der Waals surface area contributed by atoms with Crippen LogP contribution < -0.4 is 19.8 Å². The molecule has 0 atom stereocenters. The summed E-state index contributed by atoms with van der Waals surface area (Å²) in [5.74, 6) is 0.835. The molecule has 0 unspecified atom stereocenters. The Hall–Kier alpha value is -3.31. The van der Waals surface area contributed by atoms with E-state index < -0.39 is 22.6 Å². The van der Waals surface area contributed by atoms with E-state index in [0.717, 1.165) is 17.7 Å². The minimum absolute atomic E-state index is 0.183. The zero-order valence-electron chi connectivity index (χ0n) is 18.4. The van der Waals surface area contributed by atoms with Gasteiger partial charge in [-0.05, 0) is 55.3 Å². The van der Waals surface area contributed by atoms with Gasteiger partial charge in [-0.15, -0.1) is 0 Å². The molecule has 0 fully saturated rings. The van der Waals surface area contributed by atoms with Crippen molar-refractivity contribution in [2.24, 2.45) is 7.05 Å². The molecule has 1 N–H and O–H groups in total. The number of aromatic nitrogens is 1. The Morgan fingerprint density at radius 1 is 1.00 bits per heavy atom. The van der Waals surface area contributed by atoms with Crippen molar-refractivity contribution in [2.75, 3.05) is 13.2 Å². The number of alkyl halides is 3. The van der Waals surface area contributed by atoms with Crippen molar-refractivity contribution in [3.63, 3.8) is 0 Å². The van der Waals surface area contributed by atoms with Crippen molar-refractivity contribution in [3.05, 3.63) is 76.2 Å². The third-order valence-electron chi connectivity index (χ3n) is 4.89. The molecular weight excluding hydrogens is 473 g/mol. The molecule has 11 heteroatoms. The van der Waals surface area contributed by atoms with Crippen LogP contribution in [0, 0.1) is 0 Å². The summed E-state index contributed by atoms with van der Waals surface area (Å²) in [5.41, 5.74) is 0.766. The van der Waals surface area contributed by atoms with E-state index in [9.17, 15) is 26.4 Å². The van der Waals surface area contributed by atoms with E-state index >= 15 is 0 Å². The van der Waals surface area contributed by atoms with Gasteiger partial charge in [0.1, 0.15) is 17.2 Å². The topological polar surface area (TPSA) is 86.6 Å². The van der Waals surface area contributed by atoms with Gasteiger partial charge in [-0.2, -0.15) is 13.2 Å². The van der Waals surface area contributed by atoms with Gasteiger partial charge in [-0.3, -0.25) is 4.79 Å². The maximum atomic E-state index is 12.9. The Morgan fingerprint density at radius 3 is 2.32 bits per heavy atom. The van der Waals surface area contributed by atoms with Crippen LogP contribution in [0.5, 0.6) is 17.2 Å². The van der Waals surface area contributed by atoms with Crippen molar-refractivity contribution in [1.29, 1.82) is 0 Å². The standard InChI is InChI=1S/C23H23F3N2O5S/c1-3-32-21-13-22(29)28(2)14-19(21)18-12-15(10-11-27-34(30)31)4-9-20(18)33-17-7-5-16(6-8-17)23(24,25)26/h4-9,12-14,34H,3,10-11H2,1-2H3,(H,27,30,31). The number of benzene rings is 2. The molecule has 0 aliphatic heterocycles. The minimum Gasteiger partial charge on any atom is -0.493 e. The molecule has 0 amide bonds. The van der Waals surface area contributed by atoms with Gasteiger partial charge in [-0.25, -0.2) is 13.1 Å². The van der Waals surface area contributed by atoms with Gasteiger partial charge in [0.15, 0.2) is 0 Å². The van der Waals surface area contributed by atoms with E-state index in [1.54, 1.807) is 38.4 Å². The summed E-state index contributed by atoms with van der Waals surface area (Å²) in [4.78, 5) is 12.2. The SMILES string of the molecule is CCOc1cc(=O)n(C)cc1-c1cc(CCN[SH](=O)=O)ccc1Oc1ccc(C(F)(F)F)cc1. The van der Waals surface area contributed by atoms with E-state index in [1.807, 2.05) is 0 Å². The monoisotopic (exact) mass is 496 g/mol. The first kappa shape index (κ1) is 25.3. The lowest BCUT2D eigenvalue weighted by Gasteiger charge is -2.17. The summed E-state index contributed by atoms with van der Waals surface area (Å²) in [5, 5.41) is 0. The molecule has 3 rings (SSSR count). The van der Waals surface area contributed by atoms with Crippen LogP contribution in [0.2, 0.25) is 0 Å². The molecule has 0 radical (unpaired) electrons. The first-order valence-electron chi connectivity index (χ1n) is 10.3. The molecule has 3 aromatic rings. The summed E-state index contributed by atoms with van der Waals surface area (Å²) in [6.07, 6.45) is -2.50. The molecule has 0 aliphatic carbocycles. The number of hydrogen-bond donors (Lipinski definition) is 2. The van der Waals surface area contributed by atoms with E-state index in [2.05, 4.69) is 4.72 Å². The maximum absolute atomic E-state index is 12.9. The van der Waals surface area contributed by atoms with Crippen LogP contribution in [-0.2, 0) is 30.5 Å². The first-order valence-corrected chi connectivity index (χ1v) is 11.5. The third-order valence-corrected chi connectivity index (χ3v) is 5.37. The average molecular weight is 497 g/mol. The smallest absolute Gasteiger partial charge is 0.416 e. The fraction of sp³-hybridized carbons (Fsp3) is 0.261. The van der Waals surface area contributed by atoms with Crippen LogP contribution in [0.1, 0.15) is 18.1 Å². The molecule has 182 valence electrons. The molecule has 34 heavy (non-hydrogen) atoms. The summed E-state index contributed by atoms with van der Waals surface area (Å²) < 4.78 is 75.5. The highest BCUT2D eigenvalue weighted by Gasteiger charge is 2.30. The molecule has 2 aromatic carbocycles. The summed E-state index contributed by atoms with van der Waals surface area (Å²) in [6.45, 7) is 2.26. The van der Waals surface area contributed by atoms with E-state index in [0.29, 0.717) is 35.7 Å². The van der Waals surface area contributed by atoms with Crippen molar-refractivity contribution in [1.82, 2.24) is 9.29 Å². The van der Waals surface area contributed by atoms with Gasteiger partial charge in [-0.1, -0.05) is 6.07 Å². The van der Waals surface area contributed by atoms with E-state index in [-0.39, 0.29) is 17.9 Å². The average Bonchev–Trinajstić information content (AvgIpc) is 2.77. The number of nitrogens with one attached hydrogen (secondary N) is 1. The molecule has 1 heterocycles. The van der Waals surface area contributed by atoms with Crippen LogP contribution >= 0.6 is 0 Å². The highest BCUT2D eigenvalue weighted by molar-refractivity contribution is 7.70. The van der Waals surface area contributed by atoms with Crippen molar-refractivity contribution in [2.45, 2.75) is 19.5 Å². The zero-order valence-corrected chi connectivity index (χ0v) is 19.3. The number of nitrogens with zero attached hydrogens (tertiary/aromatic N) is 1. The lowest BCUT2D eigenvalue weighted by Crippen LogP contribution is -2.16. The Morgan fingerprint density at radius 2 is 1.71 bits per heavy atom. The van der Waals surface area contributed by atoms with Crippen LogP contribution in [0.4, 0.5) is 13.2 Å². The summed E-state index contributed by atoms with van der Waals surface area (Å²) >= 11 is 0. The van der Waals surface area contributed by atoms with Crippen molar-refractivity contribution >= 4 is 10.9 Å². The Balaban J connectivity index is 2.06. The Labute approximate surface area is 195 Å². The molecular formula is C23H23F3N2O5S. The predicted molar refractivity (Wildman–Crippen MR) is 122 cm³/mol. The second kappa shape index (κ2) is 10.7.